The highest BCUT2D eigenvalue weighted by Crippen LogP contribution is 2.52. The van der Waals surface area contributed by atoms with Crippen molar-refractivity contribution < 1.29 is 6.85 Å². The van der Waals surface area contributed by atoms with E-state index in [-0.39, 0.29) is 35.8 Å². The fourth-order valence-corrected chi connectivity index (χ4v) is 16.9. The van der Waals surface area contributed by atoms with Gasteiger partial charge in [0.05, 0.1) is 108 Å². The number of hydrogen-bond donors (Lipinski definition) is 0. The highest BCUT2D eigenvalue weighted by molar-refractivity contribution is 6.06. The molecule has 23 rings (SSSR count). The second-order valence-electron chi connectivity index (χ2n) is 28.9. The Balaban J connectivity index is 0.000000113. The molecule has 0 radical (unpaired) electrons. The van der Waals surface area contributed by atoms with Gasteiger partial charge in [-0.15, -0.1) is 0 Å². The number of rotatable bonds is 12. The topological polar surface area (TPSA) is 93.4 Å². The van der Waals surface area contributed by atoms with Gasteiger partial charge in [0, 0.05) is 47.3 Å². The molecule has 5 aromatic heterocycles. The molecule has 0 saturated heterocycles. The van der Waals surface area contributed by atoms with E-state index < -0.39 is 0 Å². The Hall–Kier alpha value is -15.0. The van der Waals surface area contributed by atoms with Gasteiger partial charge in [0.1, 0.15) is 28.9 Å². The first-order valence-electron chi connectivity index (χ1n) is 41.7. The number of hydrogen-bond acceptors (Lipinski definition) is 8. The average molecular weight is 1490 g/mol. The van der Waals surface area contributed by atoms with Crippen molar-refractivity contribution in [2.24, 2.45) is 0 Å². The van der Waals surface area contributed by atoms with E-state index in [4.69, 9.17) is 31.8 Å². The lowest BCUT2D eigenvalue weighted by molar-refractivity contribution is 0.900. The van der Waals surface area contributed by atoms with Crippen LogP contribution in [0.15, 0.2) is 358 Å². The number of nitrogens with zero attached hydrogens (tertiary/aromatic N) is 12. The van der Waals surface area contributed by atoms with E-state index in [1.165, 1.54) is 28.0 Å². The number of fused-ring (bicyclic) bond motifs is 11. The van der Waals surface area contributed by atoms with E-state index in [9.17, 15) is 0 Å². The van der Waals surface area contributed by atoms with Crippen molar-refractivity contribution in [3.8, 4) is 61.8 Å². The minimum atomic E-state index is -0.387. The molecular formula is C103H76N12. The van der Waals surface area contributed by atoms with E-state index in [0.717, 1.165) is 182 Å². The summed E-state index contributed by atoms with van der Waals surface area (Å²) >= 11 is 0. The Morgan fingerprint density at radius 1 is 0.278 bits per heavy atom. The van der Waals surface area contributed by atoms with Crippen LogP contribution in [-0.2, 0) is 19.3 Å². The Kier molecular flexibility index (Phi) is 15.5. The maximum absolute atomic E-state index is 8.31. The van der Waals surface area contributed by atoms with Crippen LogP contribution in [0.4, 0.5) is 51.2 Å². The molecule has 0 unspecified atom stereocenters. The average Bonchev–Trinajstić information content (AvgIpc) is 1.49. The van der Waals surface area contributed by atoms with Crippen LogP contribution in [0.1, 0.15) is 56.2 Å². The second-order valence-corrected chi connectivity index (χ2v) is 28.9. The van der Waals surface area contributed by atoms with E-state index in [2.05, 4.69) is 339 Å². The number of aryl methyl sites for hydroxylation is 3. The van der Waals surface area contributed by atoms with E-state index in [1.54, 1.807) is 0 Å². The third-order valence-corrected chi connectivity index (χ3v) is 22.2. The molecule has 115 heavy (non-hydrogen) atoms. The van der Waals surface area contributed by atoms with Crippen LogP contribution in [-0.4, -0.2) is 43.0 Å². The van der Waals surface area contributed by atoms with Gasteiger partial charge in [-0.2, -0.15) is 0 Å². The number of benzene rings is 15. The molecule has 12 nitrogen and oxygen atoms in total. The summed E-state index contributed by atoms with van der Waals surface area (Å²) in [6.45, 7) is 6.49. The van der Waals surface area contributed by atoms with E-state index in [0.29, 0.717) is 5.56 Å². The lowest BCUT2D eigenvalue weighted by Crippen LogP contribution is -2.19. The fourth-order valence-electron chi connectivity index (χ4n) is 16.9. The molecule has 12 heteroatoms. The van der Waals surface area contributed by atoms with Gasteiger partial charge in [-0.25, -0.2) is 24.9 Å². The summed E-state index contributed by atoms with van der Waals surface area (Å²) in [4.78, 5) is 32.3. The molecule has 0 amide bonds. The summed E-state index contributed by atoms with van der Waals surface area (Å²) in [7, 11) is 0. The molecule has 0 saturated carbocycles. The van der Waals surface area contributed by atoms with Crippen LogP contribution in [0.3, 0.4) is 0 Å². The molecule has 0 bridgehead atoms. The van der Waals surface area contributed by atoms with Crippen LogP contribution in [0.5, 0.6) is 0 Å². The first kappa shape index (κ1) is 62.7. The zero-order chi connectivity index (χ0) is 81.0. The largest absolute Gasteiger partial charge is 0.306 e. The Morgan fingerprint density at radius 3 is 1.16 bits per heavy atom. The van der Waals surface area contributed by atoms with Crippen molar-refractivity contribution in [2.75, 3.05) is 14.7 Å². The van der Waals surface area contributed by atoms with Crippen LogP contribution >= 0.6 is 0 Å². The van der Waals surface area contributed by atoms with Crippen molar-refractivity contribution in [3.63, 3.8) is 0 Å². The second kappa shape index (κ2) is 28.4. The highest BCUT2D eigenvalue weighted by Gasteiger charge is 2.33. The number of imidazole rings is 4. The summed E-state index contributed by atoms with van der Waals surface area (Å²) in [6.07, 6.45) is 6.90. The van der Waals surface area contributed by atoms with Gasteiger partial charge in [-0.1, -0.05) is 251 Å². The molecule has 548 valence electrons. The zero-order valence-corrected chi connectivity index (χ0v) is 63.3. The summed E-state index contributed by atoms with van der Waals surface area (Å²) in [6, 6.07) is 112. The molecule has 0 fully saturated rings. The molecular weight excluding hydrogens is 1410 g/mol. The maximum Gasteiger partial charge on any atom is 0.149 e. The van der Waals surface area contributed by atoms with Gasteiger partial charge >= 0.3 is 0 Å². The van der Waals surface area contributed by atoms with Gasteiger partial charge in [0.2, 0.25) is 0 Å². The molecule has 15 aromatic carbocycles. The van der Waals surface area contributed by atoms with Crippen molar-refractivity contribution in [1.82, 2.24) is 43.0 Å². The molecule has 3 aliphatic rings. The highest BCUT2D eigenvalue weighted by atomic mass is 15.3. The van der Waals surface area contributed by atoms with Gasteiger partial charge in [0.15, 0.2) is 0 Å². The number of aromatic nitrogens is 9. The van der Waals surface area contributed by atoms with Crippen molar-refractivity contribution in [1.29, 1.82) is 0 Å². The quantitative estimate of drug-likeness (QED) is 0.112. The van der Waals surface area contributed by atoms with E-state index in [1.807, 2.05) is 54.6 Å². The van der Waals surface area contributed by atoms with Crippen molar-refractivity contribution >= 4 is 124 Å². The normalized spacial score (nSPS) is 12.9. The summed E-state index contributed by atoms with van der Waals surface area (Å²) in [5.41, 5.74) is 32.2. The monoisotopic (exact) mass is 1490 g/mol. The summed E-state index contributed by atoms with van der Waals surface area (Å²) in [5, 5.41) is 1.04. The Bertz CT molecular complexity index is 7460. The third kappa shape index (κ3) is 11.6. The number of anilines is 9. The van der Waals surface area contributed by atoms with Crippen LogP contribution < -0.4 is 14.7 Å². The summed E-state index contributed by atoms with van der Waals surface area (Å²) in [5.74, 6) is 4.06. The lowest BCUT2D eigenvalue weighted by Gasteiger charge is -2.33. The molecule has 0 aliphatic carbocycles. The fraction of sp³-hybridized carbons (Fsp3) is 0.0583. The van der Waals surface area contributed by atoms with Gasteiger partial charge in [-0.05, 0) is 184 Å². The standard InChI is InChI=1S/C39H29N3.C35H24N6.C29H23N3/c1-2-38-40-34-14-9-15-36-39(34)42(38)35-25-24-32(26-37(35)41(36)33-12-7-4-8-13-33)31-22-20-30(21-23-31)29-18-16-28(17-19-29)27-10-5-3-6-11-27;1-2-32-36-27-16-10-18-30-33(27)40(32)29-20-19-22(21-31(29)39(30)23-11-4-3-5-12-23)34-37-25-14-7-6-13-24(25)35-38-26-15-8-9-17-28(26)41(34)35;1-2-28-30-24-14-9-15-26-29(24)32(28)25-19-18-22(17-16-21-10-5-3-6-11-21)20-27(25)31(26)23-12-7-4-8-13-23/h3-26H,2H2,1H3;3-21H,2H2,1H3;3-20H,2H2,1H3/b;;17-16+/i3D,5D,6D,10D,11D;;. The van der Waals surface area contributed by atoms with Gasteiger partial charge in [-0.3, -0.25) is 18.1 Å². The van der Waals surface area contributed by atoms with Gasteiger partial charge in [0.25, 0.3) is 0 Å². The molecule has 0 N–H and O–H groups in total. The molecule has 0 spiro atoms. The minimum Gasteiger partial charge on any atom is -0.306 e. The first-order valence-corrected chi connectivity index (χ1v) is 39.2. The third-order valence-electron chi connectivity index (χ3n) is 22.2. The van der Waals surface area contributed by atoms with Crippen LogP contribution in [0, 0.1) is 0 Å². The predicted octanol–water partition coefficient (Wildman–Crippen LogP) is 26.3. The smallest absolute Gasteiger partial charge is 0.149 e. The molecule has 0 atom stereocenters. The molecule has 20 aromatic rings. The first-order chi connectivity index (χ1) is 59.0. The van der Waals surface area contributed by atoms with Crippen molar-refractivity contribution in [3.05, 3.63) is 386 Å². The van der Waals surface area contributed by atoms with E-state index >= 15 is 0 Å². The van der Waals surface area contributed by atoms with Gasteiger partial charge < -0.3 is 14.7 Å². The van der Waals surface area contributed by atoms with Crippen molar-refractivity contribution in [2.45, 2.75) is 40.0 Å². The SMILES string of the molecule is CCc1nc2cccc3c2n1-c1ccc(-c2nc4ccccc4c4nc5ccccc5n24)cc1N3c1ccccc1.CCc1nc2cccc3c2n1-c1ccc(/C=C/c2ccccc2)cc1N3c1ccccc1.[2H]c1c([2H])c([2H])c(-c2ccc(-c3ccc(-c4ccc5c(c4)N(c4ccccc4)c4cccc6nc(CC)n-5c46)cc3)cc2)c([2H])c1[2H]. The maximum atomic E-state index is 8.31. The van der Waals surface area contributed by atoms with Crippen LogP contribution in [0.25, 0.3) is 135 Å². The lowest BCUT2D eigenvalue weighted by atomic mass is 9.97. The Morgan fingerprint density at radius 2 is 0.661 bits per heavy atom. The predicted molar refractivity (Wildman–Crippen MR) is 475 cm³/mol. The molecule has 8 heterocycles. The minimum absolute atomic E-state index is 0.198. The summed E-state index contributed by atoms with van der Waals surface area (Å²) < 4.78 is 49.7. The Labute approximate surface area is 673 Å². The number of para-hydroxylation sites is 9. The van der Waals surface area contributed by atoms with Crippen LogP contribution in [0.2, 0.25) is 0 Å². The molecule has 3 aliphatic heterocycles. The zero-order valence-electron chi connectivity index (χ0n) is 68.3.